The minimum Gasteiger partial charge on any atom is -0.503 e. The van der Waals surface area contributed by atoms with Crippen LogP contribution in [0.4, 0.5) is 0 Å². The average molecular weight is 329 g/mol. The number of Topliss-reactive ketones (excluding diaryl/α,β-unsaturated/α-hetero) is 1. The smallest absolute Gasteiger partial charge is 0.290 e. The molecule has 0 aliphatic carbocycles. The molecule has 1 N–H and O–H groups in total. The van der Waals surface area contributed by atoms with Gasteiger partial charge >= 0.3 is 0 Å². The van der Waals surface area contributed by atoms with Crippen molar-refractivity contribution in [3.63, 3.8) is 0 Å². The third-order valence-electron chi connectivity index (χ3n) is 4.34. The van der Waals surface area contributed by atoms with E-state index < -0.39 is 23.1 Å². The van der Waals surface area contributed by atoms with Crippen molar-refractivity contribution >= 4 is 11.7 Å². The van der Waals surface area contributed by atoms with E-state index in [4.69, 9.17) is 0 Å². The lowest BCUT2D eigenvalue weighted by atomic mass is 9.82. The van der Waals surface area contributed by atoms with Gasteiger partial charge in [-0.05, 0) is 18.9 Å². The monoisotopic (exact) mass is 329 g/mol. The Bertz CT molecular complexity index is 682. The number of carbonyl (C=O) groups excluding carboxylic acids is 2. The molecule has 1 aliphatic rings. The molecule has 4 nitrogen and oxygen atoms in total. The first kappa shape index (κ1) is 18.2. The van der Waals surface area contributed by atoms with E-state index in [1.165, 1.54) is 0 Å². The Balaban J connectivity index is 2.56. The summed E-state index contributed by atoms with van der Waals surface area (Å²) >= 11 is 0. The van der Waals surface area contributed by atoms with Crippen molar-refractivity contribution in [3.05, 3.63) is 46.7 Å². The summed E-state index contributed by atoms with van der Waals surface area (Å²) in [6.45, 7) is 9.98. The lowest BCUT2D eigenvalue weighted by Crippen LogP contribution is -2.33. The van der Waals surface area contributed by atoms with Crippen LogP contribution in [0, 0.1) is 12.3 Å². The van der Waals surface area contributed by atoms with Gasteiger partial charge in [0.25, 0.3) is 5.91 Å². The van der Waals surface area contributed by atoms with Crippen molar-refractivity contribution in [2.24, 2.45) is 5.41 Å². The van der Waals surface area contributed by atoms with Crippen molar-refractivity contribution in [2.45, 2.75) is 53.5 Å². The van der Waals surface area contributed by atoms with Crippen LogP contribution in [-0.2, 0) is 9.59 Å². The van der Waals surface area contributed by atoms with E-state index in [1.807, 2.05) is 52.0 Å². The Morgan fingerprint density at radius 2 is 1.96 bits per heavy atom. The highest BCUT2D eigenvalue weighted by Gasteiger charge is 2.45. The molecule has 0 aromatic heterocycles. The lowest BCUT2D eigenvalue weighted by molar-refractivity contribution is -0.129. The molecule has 1 unspecified atom stereocenters. The Labute approximate surface area is 144 Å². The molecule has 130 valence electrons. The Morgan fingerprint density at radius 3 is 2.50 bits per heavy atom. The van der Waals surface area contributed by atoms with Crippen LogP contribution in [-0.4, -0.2) is 28.2 Å². The third kappa shape index (κ3) is 3.37. The van der Waals surface area contributed by atoms with Crippen molar-refractivity contribution in [1.82, 2.24) is 4.90 Å². The normalized spacial score (nSPS) is 18.5. The van der Waals surface area contributed by atoms with Gasteiger partial charge in [-0.1, -0.05) is 63.9 Å². The molecule has 2 rings (SSSR count). The van der Waals surface area contributed by atoms with Gasteiger partial charge in [-0.15, -0.1) is 0 Å². The summed E-state index contributed by atoms with van der Waals surface area (Å²) in [5.74, 6) is -1.01. The number of rotatable bonds is 5. The molecule has 1 amide bonds. The fourth-order valence-corrected chi connectivity index (χ4v) is 3.04. The number of aryl methyl sites for hydroxylation is 1. The number of nitrogens with zero attached hydrogens (tertiary/aromatic N) is 1. The highest BCUT2D eigenvalue weighted by atomic mass is 16.3. The minimum atomic E-state index is -0.660. The number of benzene rings is 1. The highest BCUT2D eigenvalue weighted by Crippen LogP contribution is 2.41. The van der Waals surface area contributed by atoms with Crippen LogP contribution >= 0.6 is 0 Å². The number of hydrogen-bond donors (Lipinski definition) is 1. The molecule has 4 heteroatoms. The molecule has 0 spiro atoms. The van der Waals surface area contributed by atoms with E-state index >= 15 is 0 Å². The molecule has 24 heavy (non-hydrogen) atoms. The largest absolute Gasteiger partial charge is 0.503 e. The fourth-order valence-electron chi connectivity index (χ4n) is 3.04. The van der Waals surface area contributed by atoms with Crippen molar-refractivity contribution in [1.29, 1.82) is 0 Å². The summed E-state index contributed by atoms with van der Waals surface area (Å²) in [7, 11) is 0. The van der Waals surface area contributed by atoms with E-state index in [0.29, 0.717) is 6.54 Å². The van der Waals surface area contributed by atoms with Crippen LogP contribution in [0.3, 0.4) is 0 Å². The Kier molecular flexibility index (Phi) is 5.16. The molecule has 0 fully saturated rings. The van der Waals surface area contributed by atoms with Gasteiger partial charge in [0.15, 0.2) is 11.5 Å². The number of ketones is 1. The SMILES string of the molecule is CCCCN1C(=O)C(O)=C(C(=O)C(C)(C)C)C1c1cccc(C)c1. The number of carbonyl (C=O) groups is 2. The third-order valence-corrected chi connectivity index (χ3v) is 4.34. The zero-order valence-corrected chi connectivity index (χ0v) is 15.2. The van der Waals surface area contributed by atoms with Crippen molar-refractivity contribution < 1.29 is 14.7 Å². The second-order valence-electron chi connectivity index (χ2n) is 7.51. The average Bonchev–Trinajstić information content (AvgIpc) is 2.75. The molecular weight excluding hydrogens is 302 g/mol. The Morgan fingerprint density at radius 1 is 1.29 bits per heavy atom. The van der Waals surface area contributed by atoms with E-state index in [0.717, 1.165) is 24.0 Å². The summed E-state index contributed by atoms with van der Waals surface area (Å²) < 4.78 is 0. The van der Waals surface area contributed by atoms with Gasteiger partial charge in [0, 0.05) is 12.0 Å². The van der Waals surface area contributed by atoms with Crippen LogP contribution in [0.5, 0.6) is 0 Å². The second-order valence-corrected chi connectivity index (χ2v) is 7.51. The maximum absolute atomic E-state index is 12.9. The van der Waals surface area contributed by atoms with E-state index in [2.05, 4.69) is 6.92 Å². The summed E-state index contributed by atoms with van der Waals surface area (Å²) in [5, 5.41) is 10.4. The number of aliphatic hydroxyl groups excluding tert-OH is 1. The lowest BCUT2D eigenvalue weighted by Gasteiger charge is -2.29. The number of amides is 1. The van der Waals surface area contributed by atoms with Gasteiger partial charge < -0.3 is 10.0 Å². The van der Waals surface area contributed by atoms with Crippen LogP contribution in [0.2, 0.25) is 0 Å². The molecule has 0 radical (unpaired) electrons. The molecule has 1 aromatic carbocycles. The predicted octanol–water partition coefficient (Wildman–Crippen LogP) is 4.11. The van der Waals surface area contributed by atoms with Crippen LogP contribution in [0.25, 0.3) is 0 Å². The van der Waals surface area contributed by atoms with Crippen molar-refractivity contribution in [3.8, 4) is 0 Å². The summed E-state index contributed by atoms with van der Waals surface area (Å²) in [5.41, 5.74) is 1.50. The predicted molar refractivity (Wildman–Crippen MR) is 94.7 cm³/mol. The van der Waals surface area contributed by atoms with Gasteiger partial charge in [-0.2, -0.15) is 0 Å². The van der Waals surface area contributed by atoms with Crippen molar-refractivity contribution in [2.75, 3.05) is 6.54 Å². The van der Waals surface area contributed by atoms with Gasteiger partial charge in [0.2, 0.25) is 0 Å². The number of unbranched alkanes of at least 4 members (excludes halogenated alkanes) is 1. The standard InChI is InChI=1S/C20H27NO3/c1-6-7-11-21-16(14-10-8-9-13(2)12-14)15(17(22)19(21)24)18(23)20(3,4)5/h8-10,12,16,22H,6-7,11H2,1-5H3. The first-order chi connectivity index (χ1) is 11.2. The molecule has 0 saturated heterocycles. The van der Waals surface area contributed by atoms with E-state index in [1.54, 1.807) is 4.90 Å². The van der Waals surface area contributed by atoms with Gasteiger partial charge in [0.05, 0.1) is 11.6 Å². The maximum Gasteiger partial charge on any atom is 0.290 e. The first-order valence-corrected chi connectivity index (χ1v) is 8.54. The quantitative estimate of drug-likeness (QED) is 0.884. The van der Waals surface area contributed by atoms with Gasteiger partial charge in [0.1, 0.15) is 0 Å². The van der Waals surface area contributed by atoms with Crippen LogP contribution in [0.1, 0.15) is 57.7 Å². The van der Waals surface area contributed by atoms with E-state index in [9.17, 15) is 14.7 Å². The molecule has 0 saturated carbocycles. The summed E-state index contributed by atoms with van der Waals surface area (Å²) in [6.07, 6.45) is 1.77. The maximum atomic E-state index is 12.9. The van der Waals surface area contributed by atoms with Gasteiger partial charge in [-0.25, -0.2) is 0 Å². The first-order valence-electron chi connectivity index (χ1n) is 8.54. The zero-order valence-electron chi connectivity index (χ0n) is 15.2. The van der Waals surface area contributed by atoms with Gasteiger partial charge in [-0.3, -0.25) is 9.59 Å². The number of hydrogen-bond acceptors (Lipinski definition) is 3. The summed E-state index contributed by atoms with van der Waals surface area (Å²) in [4.78, 5) is 27.1. The topological polar surface area (TPSA) is 57.6 Å². The van der Waals surface area contributed by atoms with Crippen LogP contribution in [0.15, 0.2) is 35.6 Å². The molecule has 1 atom stereocenters. The molecule has 1 aromatic rings. The highest BCUT2D eigenvalue weighted by molar-refractivity contribution is 6.10. The fraction of sp³-hybridized carbons (Fsp3) is 0.500. The minimum absolute atomic E-state index is 0.182. The zero-order chi connectivity index (χ0) is 18.1. The molecule has 1 heterocycles. The van der Waals surface area contributed by atoms with Crippen LogP contribution < -0.4 is 0 Å². The Hall–Kier alpha value is -2.10. The second kappa shape index (κ2) is 6.80. The summed E-state index contributed by atoms with van der Waals surface area (Å²) in [6, 6.07) is 7.28. The van der Waals surface area contributed by atoms with E-state index in [-0.39, 0.29) is 11.4 Å². The molecular formula is C20H27NO3. The molecule has 1 aliphatic heterocycles. The number of aliphatic hydroxyl groups is 1. The molecule has 0 bridgehead atoms.